The number of fused-ring (bicyclic) bond motifs is 3. The quantitative estimate of drug-likeness (QED) is 0.745. The molecule has 27 heavy (non-hydrogen) atoms. The summed E-state index contributed by atoms with van der Waals surface area (Å²) in [5.41, 5.74) is 5.72. The zero-order chi connectivity index (χ0) is 18.6. The Morgan fingerprint density at radius 3 is 2.52 bits per heavy atom. The monoisotopic (exact) mass is 387 g/mol. The molecule has 1 aromatic carbocycles. The first-order valence-corrected chi connectivity index (χ1v) is 10.8. The topological polar surface area (TPSA) is 105 Å². The largest absolute Gasteiger partial charge is 0.367 e. The number of nitrogens with zero attached hydrogens (tertiary/aromatic N) is 2. The number of sulfonamides is 1. The Morgan fingerprint density at radius 2 is 1.81 bits per heavy atom. The highest BCUT2D eigenvalue weighted by atomic mass is 32.2. The van der Waals surface area contributed by atoms with Crippen LogP contribution in [0.25, 0.3) is 0 Å². The van der Waals surface area contributed by atoms with E-state index in [2.05, 4.69) is 26.5 Å². The molecule has 5 rings (SSSR count). The normalized spacial score (nSPS) is 17.2. The van der Waals surface area contributed by atoms with E-state index in [0.717, 1.165) is 55.3 Å². The molecule has 0 fully saturated rings. The molecule has 2 heterocycles. The smallest absolute Gasteiger partial charge is 0.333 e. The molecule has 3 N–H and O–H groups in total. The summed E-state index contributed by atoms with van der Waals surface area (Å²) < 4.78 is 29.0. The minimum atomic E-state index is -4.00. The number of rotatable bonds is 3. The molecule has 1 aliphatic heterocycles. The number of urea groups is 1. The van der Waals surface area contributed by atoms with Gasteiger partial charge in [0.2, 0.25) is 0 Å². The van der Waals surface area contributed by atoms with Crippen LogP contribution in [0, 0.1) is 0 Å². The molecule has 2 aliphatic carbocycles. The van der Waals surface area contributed by atoms with Crippen molar-refractivity contribution < 1.29 is 13.2 Å². The van der Waals surface area contributed by atoms with E-state index in [-0.39, 0.29) is 4.90 Å². The average Bonchev–Trinajstić information content (AvgIpc) is 3.37. The Kier molecular flexibility index (Phi) is 3.68. The van der Waals surface area contributed by atoms with Gasteiger partial charge in [0.1, 0.15) is 10.7 Å². The second-order valence-corrected chi connectivity index (χ2v) is 8.95. The summed E-state index contributed by atoms with van der Waals surface area (Å²) in [4.78, 5) is 12.6. The Hall–Kier alpha value is -2.55. The SMILES string of the molecule is O=C(Nc1c2c(cc3c1CCC3)CCC2)NS(=O)(=O)c1cnn2c1NCC2. The molecule has 8 nitrogen and oxygen atoms in total. The van der Waals surface area contributed by atoms with Gasteiger partial charge in [-0.3, -0.25) is 0 Å². The van der Waals surface area contributed by atoms with Crippen molar-refractivity contribution in [3.05, 3.63) is 34.5 Å². The Balaban J connectivity index is 1.42. The summed E-state index contributed by atoms with van der Waals surface area (Å²) in [6, 6.07) is 1.55. The third-order valence-corrected chi connectivity index (χ3v) is 6.98. The van der Waals surface area contributed by atoms with E-state index in [1.54, 1.807) is 4.68 Å². The fourth-order valence-corrected chi connectivity index (χ4v) is 5.50. The van der Waals surface area contributed by atoms with Crippen LogP contribution in [0.3, 0.4) is 0 Å². The van der Waals surface area contributed by atoms with Crippen molar-refractivity contribution in [2.24, 2.45) is 0 Å². The lowest BCUT2D eigenvalue weighted by Gasteiger charge is -2.16. The van der Waals surface area contributed by atoms with Crippen LogP contribution in [-0.4, -0.2) is 30.8 Å². The Labute approximate surface area is 157 Å². The Morgan fingerprint density at radius 1 is 1.11 bits per heavy atom. The van der Waals surface area contributed by atoms with E-state index in [0.29, 0.717) is 18.9 Å². The second-order valence-electron chi connectivity index (χ2n) is 7.30. The average molecular weight is 387 g/mol. The van der Waals surface area contributed by atoms with Gasteiger partial charge >= 0.3 is 6.03 Å². The van der Waals surface area contributed by atoms with E-state index in [9.17, 15) is 13.2 Å². The fourth-order valence-electron chi connectivity index (χ4n) is 4.48. The van der Waals surface area contributed by atoms with Crippen LogP contribution in [0.4, 0.5) is 16.3 Å². The van der Waals surface area contributed by atoms with E-state index in [4.69, 9.17) is 0 Å². The second kappa shape index (κ2) is 5.98. The number of anilines is 2. The van der Waals surface area contributed by atoms with E-state index >= 15 is 0 Å². The highest BCUT2D eigenvalue weighted by molar-refractivity contribution is 7.90. The van der Waals surface area contributed by atoms with Crippen LogP contribution in [0.5, 0.6) is 0 Å². The maximum Gasteiger partial charge on any atom is 0.333 e. The Bertz CT molecular complexity index is 1030. The van der Waals surface area contributed by atoms with Crippen molar-refractivity contribution in [3.8, 4) is 0 Å². The standard InChI is InChI=1S/C18H21N5O3S/c24-18(22-27(25,26)15-10-20-23-8-7-19-17(15)23)21-16-13-5-1-3-11(13)9-12-4-2-6-14(12)16/h9-10,19H,1-8H2,(H2,21,22,24). The lowest BCUT2D eigenvalue weighted by molar-refractivity contribution is 0.256. The first-order valence-electron chi connectivity index (χ1n) is 9.33. The molecule has 0 bridgehead atoms. The molecule has 0 spiro atoms. The predicted molar refractivity (Wildman–Crippen MR) is 101 cm³/mol. The molecule has 0 radical (unpaired) electrons. The number of benzene rings is 1. The van der Waals surface area contributed by atoms with Crippen LogP contribution in [-0.2, 0) is 42.3 Å². The van der Waals surface area contributed by atoms with Crippen molar-refractivity contribution in [3.63, 3.8) is 0 Å². The van der Waals surface area contributed by atoms with Crippen LogP contribution in [0.1, 0.15) is 35.1 Å². The van der Waals surface area contributed by atoms with Gasteiger partial charge in [0, 0.05) is 12.2 Å². The predicted octanol–water partition coefficient (Wildman–Crippen LogP) is 1.80. The molecule has 2 amide bonds. The molecule has 3 aliphatic rings. The van der Waals surface area contributed by atoms with Gasteiger partial charge in [-0.25, -0.2) is 22.6 Å². The maximum atomic E-state index is 12.7. The number of hydrogen-bond donors (Lipinski definition) is 3. The molecule has 1 aromatic heterocycles. The number of carbonyl (C=O) groups is 1. The summed E-state index contributed by atoms with van der Waals surface area (Å²) in [6.45, 7) is 1.24. The van der Waals surface area contributed by atoms with Crippen molar-refractivity contribution in [2.45, 2.75) is 50.0 Å². The maximum absolute atomic E-state index is 12.7. The van der Waals surface area contributed by atoms with Gasteiger partial charge in [0.25, 0.3) is 10.0 Å². The summed E-state index contributed by atoms with van der Waals surface area (Å²) in [5.74, 6) is 0.428. The van der Waals surface area contributed by atoms with Crippen molar-refractivity contribution in [1.82, 2.24) is 14.5 Å². The number of aromatic nitrogens is 2. The number of amides is 2. The van der Waals surface area contributed by atoms with Gasteiger partial charge in [-0.1, -0.05) is 6.07 Å². The molecular formula is C18H21N5O3S. The van der Waals surface area contributed by atoms with Gasteiger partial charge in [-0.05, 0) is 60.8 Å². The number of nitrogens with one attached hydrogen (secondary N) is 3. The summed E-state index contributed by atoms with van der Waals surface area (Å²) in [6.07, 6.45) is 7.30. The van der Waals surface area contributed by atoms with E-state index < -0.39 is 16.1 Å². The van der Waals surface area contributed by atoms with Gasteiger partial charge in [0.05, 0.1) is 12.7 Å². The number of hydrogen-bond acceptors (Lipinski definition) is 5. The molecule has 2 aromatic rings. The molecule has 0 unspecified atom stereocenters. The van der Waals surface area contributed by atoms with E-state index in [1.165, 1.54) is 17.3 Å². The molecule has 0 saturated carbocycles. The molecule has 9 heteroatoms. The fraction of sp³-hybridized carbons (Fsp3) is 0.444. The highest BCUT2D eigenvalue weighted by Crippen LogP contribution is 2.38. The van der Waals surface area contributed by atoms with Crippen LogP contribution < -0.4 is 15.4 Å². The number of aryl methyl sites for hydroxylation is 2. The van der Waals surface area contributed by atoms with Crippen LogP contribution in [0.2, 0.25) is 0 Å². The number of carbonyl (C=O) groups excluding carboxylic acids is 1. The lowest BCUT2D eigenvalue weighted by atomic mass is 9.99. The zero-order valence-corrected chi connectivity index (χ0v) is 15.7. The van der Waals surface area contributed by atoms with Gasteiger partial charge in [-0.2, -0.15) is 5.10 Å². The third kappa shape index (κ3) is 2.68. The first-order chi connectivity index (χ1) is 13.0. The van der Waals surface area contributed by atoms with Gasteiger partial charge in [0.15, 0.2) is 0 Å². The zero-order valence-electron chi connectivity index (χ0n) is 14.8. The molecule has 0 saturated heterocycles. The minimum Gasteiger partial charge on any atom is -0.367 e. The van der Waals surface area contributed by atoms with Crippen molar-refractivity contribution >= 4 is 27.6 Å². The summed E-state index contributed by atoms with van der Waals surface area (Å²) in [5, 5.41) is 9.90. The van der Waals surface area contributed by atoms with E-state index in [1.807, 2.05) is 0 Å². The minimum absolute atomic E-state index is 0.00123. The van der Waals surface area contributed by atoms with Crippen molar-refractivity contribution in [2.75, 3.05) is 17.2 Å². The van der Waals surface area contributed by atoms with Crippen molar-refractivity contribution in [1.29, 1.82) is 0 Å². The van der Waals surface area contributed by atoms with Gasteiger partial charge in [-0.15, -0.1) is 0 Å². The lowest BCUT2D eigenvalue weighted by Crippen LogP contribution is -2.35. The van der Waals surface area contributed by atoms with Crippen LogP contribution in [0.15, 0.2) is 17.2 Å². The highest BCUT2D eigenvalue weighted by Gasteiger charge is 2.29. The summed E-state index contributed by atoms with van der Waals surface area (Å²) >= 11 is 0. The third-order valence-electron chi connectivity index (χ3n) is 5.65. The molecule has 0 atom stereocenters. The molecule has 142 valence electrons. The van der Waals surface area contributed by atoms with Crippen LogP contribution >= 0.6 is 0 Å². The molecular weight excluding hydrogens is 366 g/mol. The first kappa shape index (κ1) is 16.6. The summed E-state index contributed by atoms with van der Waals surface area (Å²) in [7, 11) is -4.00. The van der Waals surface area contributed by atoms with Gasteiger partial charge < -0.3 is 10.6 Å².